The smallest absolute Gasteiger partial charge is 0.416 e. The number of esters is 1. The fourth-order valence-corrected chi connectivity index (χ4v) is 5.97. The average molecular weight is 583 g/mol. The molecule has 2 aromatic carbocycles. The Balaban J connectivity index is 1.58. The molecular weight excluding hydrogens is 552 g/mol. The van der Waals surface area contributed by atoms with Gasteiger partial charge in [0.05, 0.1) is 22.8 Å². The highest BCUT2D eigenvalue weighted by Gasteiger charge is 2.33. The third-order valence-corrected chi connectivity index (χ3v) is 8.46. The first kappa shape index (κ1) is 29.3. The Kier molecular flexibility index (Phi) is 8.57. The zero-order valence-corrected chi connectivity index (χ0v) is 23.8. The van der Waals surface area contributed by atoms with Crippen LogP contribution in [-0.4, -0.2) is 41.0 Å². The molecule has 0 saturated carbocycles. The maximum Gasteiger partial charge on any atom is 0.416 e. The first-order valence-corrected chi connectivity index (χ1v) is 13.6. The van der Waals surface area contributed by atoms with E-state index >= 15 is 0 Å². The number of ether oxygens (including phenoxy) is 1. The highest BCUT2D eigenvalue weighted by Crippen LogP contribution is 2.37. The van der Waals surface area contributed by atoms with Crippen LogP contribution in [0.2, 0.25) is 10.0 Å². The van der Waals surface area contributed by atoms with E-state index in [4.69, 9.17) is 27.9 Å². The Bertz CT molecular complexity index is 1420. The monoisotopic (exact) mass is 582 g/mol. The predicted molar refractivity (Wildman–Crippen MR) is 146 cm³/mol. The van der Waals surface area contributed by atoms with Gasteiger partial charge in [-0.05, 0) is 73.6 Å². The molecule has 0 radical (unpaired) electrons. The van der Waals surface area contributed by atoms with E-state index in [-0.39, 0.29) is 35.2 Å². The molecule has 0 spiro atoms. The van der Waals surface area contributed by atoms with Crippen LogP contribution in [0.15, 0.2) is 30.3 Å². The molecule has 0 aliphatic carbocycles. The van der Waals surface area contributed by atoms with Gasteiger partial charge in [-0.1, -0.05) is 30.1 Å². The van der Waals surface area contributed by atoms with Crippen LogP contribution in [0.25, 0.3) is 10.9 Å². The van der Waals surface area contributed by atoms with Crippen LogP contribution in [-0.2, 0) is 29.2 Å². The van der Waals surface area contributed by atoms with Crippen molar-refractivity contribution in [3.05, 3.63) is 68.3 Å². The molecule has 0 bridgehead atoms. The molecule has 1 aromatic heterocycles. The van der Waals surface area contributed by atoms with E-state index in [0.717, 1.165) is 12.1 Å². The second kappa shape index (κ2) is 11.4. The summed E-state index contributed by atoms with van der Waals surface area (Å²) in [4.78, 5) is 27.2. The second-order valence-electron chi connectivity index (χ2n) is 10.3. The maximum atomic E-state index is 13.5. The second-order valence-corrected chi connectivity index (χ2v) is 11.1. The number of piperidine rings is 1. The van der Waals surface area contributed by atoms with Crippen LogP contribution in [0.4, 0.5) is 13.2 Å². The number of nitrogens with zero attached hydrogens (tertiary/aromatic N) is 2. The summed E-state index contributed by atoms with van der Waals surface area (Å²) < 4.78 is 47.0. The third kappa shape index (κ3) is 6.07. The molecule has 2 atom stereocenters. The summed E-state index contributed by atoms with van der Waals surface area (Å²) >= 11 is 13.3. The van der Waals surface area contributed by atoms with Crippen LogP contribution in [0.5, 0.6) is 0 Å². The number of aromatic nitrogens is 1. The number of rotatable bonds is 6. The fraction of sp³-hybridized carbons (Fsp3) is 0.448. The minimum absolute atomic E-state index is 0.110. The molecule has 1 saturated heterocycles. The number of hydrogen-bond acceptors (Lipinski definition) is 3. The minimum Gasteiger partial charge on any atom is -0.466 e. The zero-order valence-electron chi connectivity index (χ0n) is 22.3. The Morgan fingerprint density at radius 2 is 1.87 bits per heavy atom. The molecule has 210 valence electrons. The normalized spacial score (nSPS) is 18.0. The standard InChI is InChI=1S/C29H31Cl2F3N2O3/c1-5-39-26(37)11-18-8-9-36(15-17(18)3)28(38)21-6-7-24(30)23(27(21)31)14-20-13-22-16(2)10-19(29(32,33)34)12-25(22)35(20)4/h6-7,10,12-13,17-18H,5,8-9,11,14-15H2,1-4H3. The molecule has 1 aliphatic heterocycles. The largest absolute Gasteiger partial charge is 0.466 e. The van der Waals surface area contributed by atoms with Gasteiger partial charge in [0.25, 0.3) is 5.91 Å². The van der Waals surface area contributed by atoms with Crippen molar-refractivity contribution in [3.63, 3.8) is 0 Å². The number of benzene rings is 2. The molecule has 1 fully saturated rings. The summed E-state index contributed by atoms with van der Waals surface area (Å²) in [7, 11) is 1.70. The van der Waals surface area contributed by atoms with Crippen molar-refractivity contribution in [1.82, 2.24) is 9.47 Å². The highest BCUT2D eigenvalue weighted by molar-refractivity contribution is 6.38. The van der Waals surface area contributed by atoms with Crippen molar-refractivity contribution in [1.29, 1.82) is 0 Å². The van der Waals surface area contributed by atoms with E-state index < -0.39 is 11.7 Å². The van der Waals surface area contributed by atoms with E-state index in [9.17, 15) is 22.8 Å². The van der Waals surface area contributed by atoms with Crippen molar-refractivity contribution in [2.75, 3.05) is 19.7 Å². The Morgan fingerprint density at radius 3 is 2.51 bits per heavy atom. The van der Waals surface area contributed by atoms with Gasteiger partial charge >= 0.3 is 12.1 Å². The lowest BCUT2D eigenvalue weighted by Crippen LogP contribution is -2.43. The third-order valence-electron chi connectivity index (χ3n) is 7.67. The van der Waals surface area contributed by atoms with Gasteiger partial charge in [0, 0.05) is 54.6 Å². The Labute approximate surface area is 235 Å². The van der Waals surface area contributed by atoms with Crippen molar-refractivity contribution < 1.29 is 27.5 Å². The number of aryl methyl sites for hydroxylation is 2. The lowest BCUT2D eigenvalue weighted by molar-refractivity contribution is -0.145. The van der Waals surface area contributed by atoms with Gasteiger partial charge in [0.2, 0.25) is 0 Å². The Morgan fingerprint density at radius 1 is 1.15 bits per heavy atom. The molecular formula is C29H31Cl2F3N2O3. The first-order chi connectivity index (χ1) is 18.3. The SMILES string of the molecule is CCOC(=O)CC1CCN(C(=O)c2ccc(Cl)c(Cc3cc4c(C)cc(C(F)(F)F)cc4n3C)c2Cl)CC1C. The van der Waals surface area contributed by atoms with Gasteiger partial charge in [-0.3, -0.25) is 9.59 Å². The molecule has 1 amide bonds. The van der Waals surface area contributed by atoms with E-state index in [2.05, 4.69) is 0 Å². The van der Waals surface area contributed by atoms with E-state index in [0.29, 0.717) is 70.8 Å². The van der Waals surface area contributed by atoms with Gasteiger partial charge < -0.3 is 14.2 Å². The fourth-order valence-electron chi connectivity index (χ4n) is 5.39. The van der Waals surface area contributed by atoms with E-state index in [1.807, 2.05) is 13.0 Å². The summed E-state index contributed by atoms with van der Waals surface area (Å²) in [6.07, 6.45) is -3.20. The number of fused-ring (bicyclic) bond motifs is 1. The molecule has 2 heterocycles. The first-order valence-electron chi connectivity index (χ1n) is 12.9. The summed E-state index contributed by atoms with van der Waals surface area (Å²) in [5.41, 5.74) is 1.84. The van der Waals surface area contributed by atoms with Crippen LogP contribution in [0, 0.1) is 18.8 Å². The molecule has 5 nitrogen and oxygen atoms in total. The predicted octanol–water partition coefficient (Wildman–Crippen LogP) is 7.45. The number of likely N-dealkylation sites (tertiary alicyclic amines) is 1. The average Bonchev–Trinajstić information content (AvgIpc) is 3.18. The molecule has 3 aromatic rings. The molecule has 1 aliphatic rings. The Hall–Kier alpha value is -2.71. The molecule has 39 heavy (non-hydrogen) atoms. The highest BCUT2D eigenvalue weighted by atomic mass is 35.5. The van der Waals surface area contributed by atoms with Crippen LogP contribution >= 0.6 is 23.2 Å². The van der Waals surface area contributed by atoms with Crippen LogP contribution in [0.1, 0.15) is 59.4 Å². The number of carbonyl (C=O) groups excluding carboxylic acids is 2. The maximum absolute atomic E-state index is 13.5. The molecule has 2 unspecified atom stereocenters. The van der Waals surface area contributed by atoms with Gasteiger partial charge in [-0.2, -0.15) is 13.2 Å². The van der Waals surface area contributed by atoms with Crippen molar-refractivity contribution in [3.8, 4) is 0 Å². The van der Waals surface area contributed by atoms with Crippen molar-refractivity contribution >= 4 is 46.0 Å². The van der Waals surface area contributed by atoms with E-state index in [1.165, 1.54) is 0 Å². The zero-order chi connectivity index (χ0) is 28.6. The molecule has 0 N–H and O–H groups in total. The lowest BCUT2D eigenvalue weighted by atomic mass is 9.84. The summed E-state index contributed by atoms with van der Waals surface area (Å²) in [5.74, 6) is -0.199. The number of hydrogen-bond donors (Lipinski definition) is 0. The van der Waals surface area contributed by atoms with Crippen molar-refractivity contribution in [2.24, 2.45) is 18.9 Å². The van der Waals surface area contributed by atoms with Crippen molar-refractivity contribution in [2.45, 2.75) is 46.2 Å². The lowest BCUT2D eigenvalue weighted by Gasteiger charge is -2.36. The van der Waals surface area contributed by atoms with Gasteiger partial charge in [-0.25, -0.2) is 0 Å². The minimum atomic E-state index is -4.45. The van der Waals surface area contributed by atoms with Gasteiger partial charge in [0.1, 0.15) is 0 Å². The topological polar surface area (TPSA) is 51.5 Å². The number of amides is 1. The van der Waals surface area contributed by atoms with Gasteiger partial charge in [-0.15, -0.1) is 0 Å². The van der Waals surface area contributed by atoms with Crippen LogP contribution in [0.3, 0.4) is 0 Å². The summed E-state index contributed by atoms with van der Waals surface area (Å²) in [6.45, 7) is 6.77. The number of halogens is 5. The molecule has 4 rings (SSSR count). The molecule has 10 heteroatoms. The summed E-state index contributed by atoms with van der Waals surface area (Å²) in [6, 6.07) is 7.35. The summed E-state index contributed by atoms with van der Waals surface area (Å²) in [5, 5.41) is 1.31. The quantitative estimate of drug-likeness (QED) is 0.283. The number of carbonyl (C=O) groups is 2. The number of alkyl halides is 3. The van der Waals surface area contributed by atoms with Gasteiger partial charge in [0.15, 0.2) is 0 Å². The van der Waals surface area contributed by atoms with Crippen LogP contribution < -0.4 is 0 Å². The van der Waals surface area contributed by atoms with E-state index in [1.54, 1.807) is 42.5 Å².